The van der Waals surface area contributed by atoms with E-state index in [1.165, 1.54) is 23.3 Å². The molecular weight excluding hydrogens is 410 g/mol. The van der Waals surface area contributed by atoms with Gasteiger partial charge in [-0.2, -0.15) is 0 Å². The van der Waals surface area contributed by atoms with Crippen molar-refractivity contribution < 1.29 is 22.6 Å². The van der Waals surface area contributed by atoms with E-state index < -0.39 is 14.9 Å². The van der Waals surface area contributed by atoms with Crippen LogP contribution in [-0.4, -0.2) is 25.8 Å². The molecule has 1 amide bonds. The second-order valence-electron chi connectivity index (χ2n) is 6.84. The largest absolute Gasteiger partial charge is 0.459 e. The van der Waals surface area contributed by atoms with E-state index in [9.17, 15) is 23.3 Å². The van der Waals surface area contributed by atoms with Crippen molar-refractivity contribution in [2.24, 2.45) is 0 Å². The summed E-state index contributed by atoms with van der Waals surface area (Å²) in [6.45, 7) is 2.01. The van der Waals surface area contributed by atoms with E-state index in [-0.39, 0.29) is 27.9 Å². The third-order valence-corrected chi connectivity index (χ3v) is 6.41. The SMILES string of the molecule is Cc1ccc([N+](=O)[O-])cc1S(=O)(=O)Nc1ccc2c(c1)N(C(=O)c1ccco1)CC2. The Bertz CT molecular complexity index is 1250. The Labute approximate surface area is 172 Å². The second kappa shape index (κ2) is 7.30. The zero-order valence-corrected chi connectivity index (χ0v) is 16.7. The van der Waals surface area contributed by atoms with Gasteiger partial charge in [-0.1, -0.05) is 12.1 Å². The number of anilines is 2. The summed E-state index contributed by atoms with van der Waals surface area (Å²) in [6, 6.07) is 11.8. The Morgan fingerprint density at radius 2 is 2.00 bits per heavy atom. The maximum absolute atomic E-state index is 12.9. The summed E-state index contributed by atoms with van der Waals surface area (Å²) < 4.78 is 33.4. The minimum atomic E-state index is -4.07. The molecule has 0 spiro atoms. The van der Waals surface area contributed by atoms with E-state index in [0.717, 1.165) is 11.6 Å². The van der Waals surface area contributed by atoms with Crippen molar-refractivity contribution in [3.05, 3.63) is 81.8 Å². The summed E-state index contributed by atoms with van der Waals surface area (Å²) in [5, 5.41) is 11.0. The van der Waals surface area contributed by atoms with Gasteiger partial charge in [0.25, 0.3) is 21.6 Å². The van der Waals surface area contributed by atoms with Crippen LogP contribution in [0.15, 0.2) is 64.1 Å². The van der Waals surface area contributed by atoms with Crippen molar-refractivity contribution in [3.8, 4) is 0 Å². The Hall–Kier alpha value is -3.66. The number of sulfonamides is 1. The van der Waals surface area contributed by atoms with Crippen molar-refractivity contribution in [2.75, 3.05) is 16.2 Å². The lowest BCUT2D eigenvalue weighted by Gasteiger charge is -2.17. The van der Waals surface area contributed by atoms with Gasteiger partial charge in [0.2, 0.25) is 0 Å². The van der Waals surface area contributed by atoms with Gasteiger partial charge in [0.15, 0.2) is 5.76 Å². The van der Waals surface area contributed by atoms with E-state index >= 15 is 0 Å². The summed E-state index contributed by atoms with van der Waals surface area (Å²) in [4.78, 5) is 24.4. The molecule has 0 fully saturated rings. The first kappa shape index (κ1) is 19.6. The highest BCUT2D eigenvalue weighted by molar-refractivity contribution is 7.92. The number of carbonyl (C=O) groups is 1. The molecule has 1 aromatic heterocycles. The first-order valence-electron chi connectivity index (χ1n) is 9.02. The van der Waals surface area contributed by atoms with Crippen LogP contribution in [0.25, 0.3) is 0 Å². The number of hydrogen-bond donors (Lipinski definition) is 1. The van der Waals surface area contributed by atoms with Crippen LogP contribution in [0.5, 0.6) is 0 Å². The fraction of sp³-hybridized carbons (Fsp3) is 0.150. The van der Waals surface area contributed by atoms with Gasteiger partial charge in [-0.25, -0.2) is 8.42 Å². The number of amides is 1. The fourth-order valence-electron chi connectivity index (χ4n) is 3.39. The molecular formula is C20H17N3O6S. The van der Waals surface area contributed by atoms with E-state index in [0.29, 0.717) is 24.2 Å². The van der Waals surface area contributed by atoms with Gasteiger partial charge in [0, 0.05) is 24.4 Å². The summed E-state index contributed by atoms with van der Waals surface area (Å²) in [6.07, 6.45) is 2.05. The Morgan fingerprint density at radius 1 is 1.20 bits per heavy atom. The standard InChI is InChI=1S/C20H17N3O6S/c1-13-4-7-16(23(25)26)12-19(13)30(27,28)21-15-6-5-14-8-9-22(17(14)11-15)20(24)18-3-2-10-29-18/h2-7,10-12,21H,8-9H2,1H3. The van der Waals surface area contributed by atoms with Gasteiger partial charge in [0.1, 0.15) is 0 Å². The molecule has 3 aromatic rings. The number of rotatable bonds is 5. The number of hydrogen-bond acceptors (Lipinski definition) is 6. The Morgan fingerprint density at radius 3 is 2.70 bits per heavy atom. The van der Waals surface area contributed by atoms with Crippen molar-refractivity contribution in [2.45, 2.75) is 18.2 Å². The van der Waals surface area contributed by atoms with Crippen molar-refractivity contribution >= 4 is 33.0 Å². The third kappa shape index (κ3) is 3.52. The Balaban J connectivity index is 1.65. The van der Waals surface area contributed by atoms with E-state index in [2.05, 4.69) is 4.72 Å². The number of nitrogens with zero attached hydrogens (tertiary/aromatic N) is 2. The molecule has 2 heterocycles. The number of nitro groups is 1. The first-order chi connectivity index (χ1) is 14.3. The van der Waals surface area contributed by atoms with E-state index in [4.69, 9.17) is 4.42 Å². The zero-order chi connectivity index (χ0) is 21.5. The predicted octanol–water partition coefficient (Wildman–Crippen LogP) is 3.50. The lowest BCUT2D eigenvalue weighted by atomic mass is 10.1. The molecule has 0 aliphatic carbocycles. The van der Waals surface area contributed by atoms with Crippen LogP contribution in [0.2, 0.25) is 0 Å². The van der Waals surface area contributed by atoms with Crippen LogP contribution in [0.4, 0.5) is 17.1 Å². The maximum atomic E-state index is 12.9. The second-order valence-corrected chi connectivity index (χ2v) is 8.49. The molecule has 0 bridgehead atoms. The lowest BCUT2D eigenvalue weighted by molar-refractivity contribution is -0.385. The summed E-state index contributed by atoms with van der Waals surface area (Å²) in [5.74, 6) is -0.116. The fourth-order valence-corrected chi connectivity index (χ4v) is 4.70. The molecule has 0 saturated carbocycles. The van der Waals surface area contributed by atoms with Crippen molar-refractivity contribution in [1.82, 2.24) is 0 Å². The van der Waals surface area contributed by atoms with Crippen LogP contribution >= 0.6 is 0 Å². The van der Waals surface area contributed by atoms with Crippen LogP contribution in [0.3, 0.4) is 0 Å². The average Bonchev–Trinajstić information content (AvgIpc) is 3.37. The van der Waals surface area contributed by atoms with Crippen molar-refractivity contribution in [1.29, 1.82) is 0 Å². The van der Waals surface area contributed by atoms with Gasteiger partial charge in [-0.15, -0.1) is 0 Å². The minimum absolute atomic E-state index is 0.180. The molecule has 0 radical (unpaired) electrons. The monoisotopic (exact) mass is 427 g/mol. The number of benzene rings is 2. The summed E-state index contributed by atoms with van der Waals surface area (Å²) in [7, 11) is -4.07. The van der Waals surface area contributed by atoms with Gasteiger partial charge in [-0.05, 0) is 48.7 Å². The highest BCUT2D eigenvalue weighted by atomic mass is 32.2. The molecule has 1 N–H and O–H groups in total. The van der Waals surface area contributed by atoms with Crippen LogP contribution < -0.4 is 9.62 Å². The normalized spacial score (nSPS) is 13.2. The van der Waals surface area contributed by atoms with E-state index in [1.54, 1.807) is 37.3 Å². The zero-order valence-electron chi connectivity index (χ0n) is 15.9. The highest BCUT2D eigenvalue weighted by Gasteiger charge is 2.28. The number of nitro benzene ring substituents is 1. The molecule has 154 valence electrons. The minimum Gasteiger partial charge on any atom is -0.459 e. The number of aryl methyl sites for hydroxylation is 1. The Kier molecular flexibility index (Phi) is 4.78. The highest BCUT2D eigenvalue weighted by Crippen LogP contribution is 2.33. The number of carbonyl (C=O) groups excluding carboxylic acids is 1. The lowest BCUT2D eigenvalue weighted by Crippen LogP contribution is -2.28. The summed E-state index contributed by atoms with van der Waals surface area (Å²) in [5.41, 5.74) is 1.81. The first-order valence-corrected chi connectivity index (χ1v) is 10.5. The molecule has 4 rings (SSSR count). The van der Waals surface area contributed by atoms with Gasteiger partial charge in [-0.3, -0.25) is 19.6 Å². The number of furan rings is 1. The van der Waals surface area contributed by atoms with Crippen LogP contribution in [0.1, 0.15) is 21.7 Å². The molecule has 0 saturated heterocycles. The molecule has 9 nitrogen and oxygen atoms in total. The van der Waals surface area contributed by atoms with E-state index in [1.807, 2.05) is 0 Å². The summed E-state index contributed by atoms with van der Waals surface area (Å²) >= 11 is 0. The average molecular weight is 427 g/mol. The molecule has 1 aliphatic rings. The molecule has 30 heavy (non-hydrogen) atoms. The van der Waals surface area contributed by atoms with Crippen LogP contribution in [-0.2, 0) is 16.4 Å². The number of non-ortho nitro benzene ring substituents is 1. The van der Waals surface area contributed by atoms with Gasteiger partial charge < -0.3 is 9.32 Å². The van der Waals surface area contributed by atoms with Crippen molar-refractivity contribution in [3.63, 3.8) is 0 Å². The molecule has 10 heteroatoms. The smallest absolute Gasteiger partial charge is 0.293 e. The quantitative estimate of drug-likeness (QED) is 0.491. The number of nitrogens with one attached hydrogen (secondary N) is 1. The molecule has 1 aliphatic heterocycles. The molecule has 0 atom stereocenters. The number of fused-ring (bicyclic) bond motifs is 1. The van der Waals surface area contributed by atoms with Gasteiger partial charge >= 0.3 is 0 Å². The molecule has 0 unspecified atom stereocenters. The van der Waals surface area contributed by atoms with Crippen LogP contribution in [0, 0.1) is 17.0 Å². The molecule has 2 aromatic carbocycles. The maximum Gasteiger partial charge on any atom is 0.293 e. The third-order valence-electron chi connectivity index (χ3n) is 4.88. The predicted molar refractivity (Wildman–Crippen MR) is 109 cm³/mol. The van der Waals surface area contributed by atoms with Gasteiger partial charge in [0.05, 0.1) is 21.8 Å². The topological polar surface area (TPSA) is 123 Å².